The molecule has 6 heteroatoms. The number of benzene rings is 1. The second kappa shape index (κ2) is 5.16. The molecular weight excluding hydrogens is 252 g/mol. The van der Waals surface area contributed by atoms with Gasteiger partial charge in [0.2, 0.25) is 5.95 Å². The number of rotatable bonds is 4. The van der Waals surface area contributed by atoms with Gasteiger partial charge in [-0.25, -0.2) is 4.98 Å². The molecule has 1 aromatic carbocycles. The molecule has 2 heterocycles. The summed E-state index contributed by atoms with van der Waals surface area (Å²) in [6.07, 6.45) is 1.73. The number of imidazole rings is 1. The van der Waals surface area contributed by atoms with E-state index in [1.807, 2.05) is 41.8 Å². The van der Waals surface area contributed by atoms with Crippen LogP contribution in [0.15, 0.2) is 36.7 Å². The van der Waals surface area contributed by atoms with Crippen molar-refractivity contribution in [1.82, 2.24) is 19.5 Å². The zero-order valence-electron chi connectivity index (χ0n) is 11.2. The van der Waals surface area contributed by atoms with E-state index in [1.54, 1.807) is 6.33 Å². The van der Waals surface area contributed by atoms with Crippen LogP contribution >= 0.6 is 0 Å². The molecule has 0 spiro atoms. The van der Waals surface area contributed by atoms with Gasteiger partial charge in [0.05, 0.1) is 6.33 Å². The third-order valence-corrected chi connectivity index (χ3v) is 3.12. The van der Waals surface area contributed by atoms with Crippen molar-refractivity contribution in [3.05, 3.63) is 42.2 Å². The first-order valence-corrected chi connectivity index (χ1v) is 6.54. The van der Waals surface area contributed by atoms with Crippen LogP contribution in [0.4, 0.5) is 11.8 Å². The molecule has 6 nitrogen and oxygen atoms in total. The van der Waals surface area contributed by atoms with Crippen LogP contribution in [-0.4, -0.2) is 19.5 Å². The molecule has 102 valence electrons. The quantitative estimate of drug-likeness (QED) is 0.756. The van der Waals surface area contributed by atoms with Crippen LogP contribution in [0, 0.1) is 0 Å². The molecule has 0 bridgehead atoms. The van der Waals surface area contributed by atoms with Crippen molar-refractivity contribution in [3.63, 3.8) is 0 Å². The van der Waals surface area contributed by atoms with Crippen molar-refractivity contribution in [1.29, 1.82) is 0 Å². The lowest BCUT2D eigenvalue weighted by atomic mass is 10.2. The number of aromatic nitrogens is 4. The summed E-state index contributed by atoms with van der Waals surface area (Å²) in [6.45, 7) is 3.49. The molecule has 20 heavy (non-hydrogen) atoms. The first-order chi connectivity index (χ1) is 9.78. The van der Waals surface area contributed by atoms with Crippen LogP contribution in [0.3, 0.4) is 0 Å². The Morgan fingerprint density at radius 2 is 2.00 bits per heavy atom. The highest BCUT2D eigenvalue weighted by Gasteiger charge is 2.10. The van der Waals surface area contributed by atoms with Gasteiger partial charge in [0.1, 0.15) is 5.52 Å². The molecule has 0 radical (unpaired) electrons. The smallest absolute Gasteiger partial charge is 0.227 e. The molecule has 2 aromatic heterocycles. The molecule has 3 aromatic rings. The van der Waals surface area contributed by atoms with Crippen molar-refractivity contribution in [2.24, 2.45) is 0 Å². The highest BCUT2D eigenvalue weighted by Crippen LogP contribution is 2.18. The summed E-state index contributed by atoms with van der Waals surface area (Å²) in [7, 11) is 0. The number of nitrogen functional groups attached to an aromatic ring is 1. The van der Waals surface area contributed by atoms with Crippen molar-refractivity contribution >= 4 is 22.9 Å². The molecule has 0 atom stereocenters. The summed E-state index contributed by atoms with van der Waals surface area (Å²) in [5.41, 5.74) is 8.50. The lowest BCUT2D eigenvalue weighted by Crippen LogP contribution is -2.07. The second-order valence-corrected chi connectivity index (χ2v) is 4.47. The molecular formula is C14H16N6. The van der Waals surface area contributed by atoms with E-state index in [-0.39, 0.29) is 0 Å². The second-order valence-electron chi connectivity index (χ2n) is 4.47. The number of hydrogen-bond donors (Lipinski definition) is 2. The molecule has 0 fully saturated rings. The summed E-state index contributed by atoms with van der Waals surface area (Å²) < 4.78 is 1.95. The summed E-state index contributed by atoms with van der Waals surface area (Å²) >= 11 is 0. The number of nitrogens with zero attached hydrogens (tertiary/aromatic N) is 4. The molecule has 0 aliphatic carbocycles. The van der Waals surface area contributed by atoms with Crippen LogP contribution in [0.2, 0.25) is 0 Å². The first kappa shape index (κ1) is 12.4. The lowest BCUT2D eigenvalue weighted by molar-refractivity contribution is 0.777. The van der Waals surface area contributed by atoms with E-state index >= 15 is 0 Å². The average molecular weight is 268 g/mol. The van der Waals surface area contributed by atoms with Gasteiger partial charge in [-0.3, -0.25) is 0 Å². The monoisotopic (exact) mass is 268 g/mol. The van der Waals surface area contributed by atoms with E-state index < -0.39 is 0 Å². The number of aryl methyl sites for hydroxylation is 1. The van der Waals surface area contributed by atoms with Crippen LogP contribution in [0.1, 0.15) is 12.5 Å². The summed E-state index contributed by atoms with van der Waals surface area (Å²) in [6, 6.07) is 10.1. The molecule has 0 aliphatic rings. The first-order valence-electron chi connectivity index (χ1n) is 6.54. The molecule has 0 saturated heterocycles. The maximum Gasteiger partial charge on any atom is 0.227 e. The molecule has 0 unspecified atom stereocenters. The van der Waals surface area contributed by atoms with Gasteiger partial charge in [0, 0.05) is 13.1 Å². The number of nitrogens with one attached hydrogen (secondary N) is 1. The number of fused-ring (bicyclic) bond motifs is 1. The van der Waals surface area contributed by atoms with Crippen LogP contribution < -0.4 is 11.1 Å². The minimum atomic E-state index is 0.401. The van der Waals surface area contributed by atoms with E-state index in [4.69, 9.17) is 5.73 Å². The average Bonchev–Trinajstić information content (AvgIpc) is 2.90. The molecule has 3 rings (SSSR count). The maximum atomic E-state index is 5.93. The Hall–Kier alpha value is -2.63. The SMILES string of the molecule is CCn1cnc2c(N)nc(NCc3ccccc3)nc21. The maximum absolute atomic E-state index is 5.93. The zero-order valence-corrected chi connectivity index (χ0v) is 11.2. The molecule has 0 aliphatic heterocycles. The highest BCUT2D eigenvalue weighted by atomic mass is 15.2. The Morgan fingerprint density at radius 3 is 2.75 bits per heavy atom. The predicted octanol–water partition coefficient (Wildman–Crippen LogP) is 2.04. The van der Waals surface area contributed by atoms with Gasteiger partial charge in [-0.15, -0.1) is 0 Å². The third kappa shape index (κ3) is 2.27. The van der Waals surface area contributed by atoms with Crippen molar-refractivity contribution in [2.75, 3.05) is 11.1 Å². The fourth-order valence-electron chi connectivity index (χ4n) is 2.05. The minimum absolute atomic E-state index is 0.401. The number of anilines is 2. The van der Waals surface area contributed by atoms with Crippen LogP contribution in [-0.2, 0) is 13.1 Å². The van der Waals surface area contributed by atoms with Crippen molar-refractivity contribution in [2.45, 2.75) is 20.0 Å². The van der Waals surface area contributed by atoms with Gasteiger partial charge in [-0.05, 0) is 12.5 Å². The molecule has 3 N–H and O–H groups in total. The van der Waals surface area contributed by atoms with Gasteiger partial charge in [0.15, 0.2) is 11.5 Å². The van der Waals surface area contributed by atoms with Crippen molar-refractivity contribution in [3.8, 4) is 0 Å². The summed E-state index contributed by atoms with van der Waals surface area (Å²) in [5.74, 6) is 0.923. The van der Waals surface area contributed by atoms with Crippen LogP contribution in [0.25, 0.3) is 11.2 Å². The van der Waals surface area contributed by atoms with Gasteiger partial charge in [-0.1, -0.05) is 30.3 Å². The Morgan fingerprint density at radius 1 is 1.20 bits per heavy atom. The van der Waals surface area contributed by atoms with E-state index in [1.165, 1.54) is 5.56 Å². The van der Waals surface area contributed by atoms with E-state index in [9.17, 15) is 0 Å². The normalized spacial score (nSPS) is 10.8. The predicted molar refractivity (Wildman–Crippen MR) is 79.2 cm³/mol. The van der Waals surface area contributed by atoms with Crippen molar-refractivity contribution < 1.29 is 0 Å². The minimum Gasteiger partial charge on any atom is -0.382 e. The Bertz CT molecular complexity index is 719. The Balaban J connectivity index is 1.88. The number of hydrogen-bond acceptors (Lipinski definition) is 5. The largest absolute Gasteiger partial charge is 0.382 e. The fourth-order valence-corrected chi connectivity index (χ4v) is 2.05. The summed E-state index contributed by atoms with van der Waals surface area (Å²) in [5, 5.41) is 3.19. The Kier molecular flexibility index (Phi) is 3.20. The van der Waals surface area contributed by atoms with E-state index in [0.29, 0.717) is 23.8 Å². The molecule has 0 amide bonds. The lowest BCUT2D eigenvalue weighted by Gasteiger charge is -2.07. The van der Waals surface area contributed by atoms with Gasteiger partial charge >= 0.3 is 0 Å². The highest BCUT2D eigenvalue weighted by molar-refractivity contribution is 5.82. The summed E-state index contributed by atoms with van der Waals surface area (Å²) in [4.78, 5) is 13.0. The zero-order chi connectivity index (χ0) is 13.9. The standard InChI is InChI=1S/C14H16N6/c1-2-20-9-17-11-12(15)18-14(19-13(11)20)16-8-10-6-4-3-5-7-10/h3-7,9H,2,8H2,1H3,(H3,15,16,18,19). The third-order valence-electron chi connectivity index (χ3n) is 3.12. The molecule has 0 saturated carbocycles. The topological polar surface area (TPSA) is 81.7 Å². The fraction of sp³-hybridized carbons (Fsp3) is 0.214. The number of nitrogens with two attached hydrogens (primary N) is 1. The van der Waals surface area contributed by atoms with E-state index in [0.717, 1.165) is 12.2 Å². The van der Waals surface area contributed by atoms with Gasteiger partial charge < -0.3 is 15.6 Å². The van der Waals surface area contributed by atoms with E-state index in [2.05, 4.69) is 20.3 Å². The van der Waals surface area contributed by atoms with Gasteiger partial charge in [-0.2, -0.15) is 9.97 Å². The van der Waals surface area contributed by atoms with Gasteiger partial charge in [0.25, 0.3) is 0 Å². The Labute approximate surface area is 116 Å². The van der Waals surface area contributed by atoms with Crippen LogP contribution in [0.5, 0.6) is 0 Å².